The van der Waals surface area contributed by atoms with E-state index in [1.54, 1.807) is 0 Å². The number of nitrogens with zero attached hydrogens (tertiary/aromatic N) is 3. The van der Waals surface area contributed by atoms with Gasteiger partial charge in [-0.25, -0.2) is 9.97 Å². The van der Waals surface area contributed by atoms with Gasteiger partial charge in [0.1, 0.15) is 5.82 Å². The Hall–Kier alpha value is -1.16. The lowest BCUT2D eigenvalue weighted by Crippen LogP contribution is -2.41. The maximum Gasteiger partial charge on any atom is 0.131 e. The molecule has 0 aromatic carbocycles. The van der Waals surface area contributed by atoms with Gasteiger partial charge in [0, 0.05) is 18.5 Å². The zero-order valence-electron chi connectivity index (χ0n) is 12.4. The Balaban J connectivity index is 2.28. The van der Waals surface area contributed by atoms with Crippen molar-refractivity contribution in [2.75, 3.05) is 11.4 Å². The summed E-state index contributed by atoms with van der Waals surface area (Å²) in [5.41, 5.74) is 1.77. The first-order valence-electron chi connectivity index (χ1n) is 7.26. The number of aliphatic hydroxyl groups is 1. The van der Waals surface area contributed by atoms with Crippen LogP contribution in [0.25, 0.3) is 0 Å². The van der Waals surface area contributed by atoms with Crippen molar-refractivity contribution in [1.82, 2.24) is 9.97 Å². The Morgan fingerprint density at radius 2 is 2.16 bits per heavy atom. The van der Waals surface area contributed by atoms with E-state index in [2.05, 4.69) is 42.6 Å². The zero-order valence-corrected chi connectivity index (χ0v) is 12.4. The highest BCUT2D eigenvalue weighted by Gasteiger charge is 2.25. The maximum atomic E-state index is 9.58. The van der Waals surface area contributed by atoms with Crippen molar-refractivity contribution in [3.05, 3.63) is 17.7 Å². The predicted molar refractivity (Wildman–Crippen MR) is 77.2 cm³/mol. The molecule has 1 aromatic heterocycles. The molecule has 0 saturated carbocycles. The van der Waals surface area contributed by atoms with Gasteiger partial charge in [0.05, 0.1) is 24.2 Å². The van der Waals surface area contributed by atoms with Crippen LogP contribution in [0.2, 0.25) is 0 Å². The summed E-state index contributed by atoms with van der Waals surface area (Å²) in [5.74, 6) is 1.88. The number of hydrogen-bond acceptors (Lipinski definition) is 4. The summed E-state index contributed by atoms with van der Waals surface area (Å²) in [6, 6.07) is 0.488. The van der Waals surface area contributed by atoms with E-state index in [1.807, 2.05) is 6.20 Å². The molecule has 0 radical (unpaired) electrons. The average Bonchev–Trinajstić information content (AvgIpc) is 2.38. The molecule has 19 heavy (non-hydrogen) atoms. The van der Waals surface area contributed by atoms with Gasteiger partial charge in [0.15, 0.2) is 0 Å². The molecule has 1 saturated heterocycles. The van der Waals surface area contributed by atoms with Gasteiger partial charge in [0.2, 0.25) is 0 Å². The normalized spacial score (nSPS) is 24.0. The Kier molecular flexibility index (Phi) is 4.40. The second-order valence-electron chi connectivity index (χ2n) is 6.04. The van der Waals surface area contributed by atoms with Crippen molar-refractivity contribution in [1.29, 1.82) is 0 Å². The smallest absolute Gasteiger partial charge is 0.131 e. The molecule has 1 aromatic rings. The Labute approximate surface area is 115 Å². The summed E-state index contributed by atoms with van der Waals surface area (Å²) >= 11 is 0. The highest BCUT2D eigenvalue weighted by atomic mass is 16.3. The first-order valence-corrected chi connectivity index (χ1v) is 7.26. The third kappa shape index (κ3) is 3.06. The van der Waals surface area contributed by atoms with Gasteiger partial charge in [-0.3, -0.25) is 0 Å². The molecule has 4 nitrogen and oxygen atoms in total. The molecule has 1 fully saturated rings. The number of aromatic nitrogens is 2. The van der Waals surface area contributed by atoms with E-state index in [-0.39, 0.29) is 12.5 Å². The summed E-state index contributed by atoms with van der Waals surface area (Å²) in [6.07, 6.45) is 4.28. The summed E-state index contributed by atoms with van der Waals surface area (Å²) < 4.78 is 0. The fraction of sp³-hybridized carbons (Fsp3) is 0.733. The van der Waals surface area contributed by atoms with Crippen molar-refractivity contribution < 1.29 is 5.11 Å². The predicted octanol–water partition coefficient (Wildman–Crippen LogP) is 2.72. The summed E-state index contributed by atoms with van der Waals surface area (Å²) in [4.78, 5) is 11.3. The third-order valence-corrected chi connectivity index (χ3v) is 3.98. The monoisotopic (exact) mass is 263 g/mol. The zero-order chi connectivity index (χ0) is 14.0. The molecule has 0 aliphatic carbocycles. The second kappa shape index (κ2) is 5.87. The average molecular weight is 263 g/mol. The van der Waals surface area contributed by atoms with Crippen LogP contribution in [0.1, 0.15) is 58.0 Å². The second-order valence-corrected chi connectivity index (χ2v) is 6.04. The van der Waals surface area contributed by atoms with Crippen molar-refractivity contribution in [3.8, 4) is 0 Å². The Morgan fingerprint density at radius 1 is 1.42 bits per heavy atom. The first kappa shape index (κ1) is 14.3. The fourth-order valence-corrected chi connectivity index (χ4v) is 2.83. The van der Waals surface area contributed by atoms with E-state index in [0.717, 1.165) is 29.7 Å². The standard InChI is InChI=1S/C15H25N3O/c1-10(2)15-16-8-14(13(9-19)17-15)18-6-5-11(3)7-12(18)4/h8,10-12,19H,5-7,9H2,1-4H3. The molecular weight excluding hydrogens is 238 g/mol. The van der Waals surface area contributed by atoms with E-state index in [9.17, 15) is 5.11 Å². The Bertz CT molecular complexity index is 433. The quantitative estimate of drug-likeness (QED) is 0.911. The lowest BCUT2D eigenvalue weighted by Gasteiger charge is -2.38. The largest absolute Gasteiger partial charge is 0.390 e. The maximum absolute atomic E-state index is 9.58. The molecular formula is C15H25N3O. The lowest BCUT2D eigenvalue weighted by molar-refractivity contribution is 0.275. The van der Waals surface area contributed by atoms with Crippen LogP contribution >= 0.6 is 0 Å². The minimum absolute atomic E-state index is 0.0175. The third-order valence-electron chi connectivity index (χ3n) is 3.98. The molecule has 2 unspecified atom stereocenters. The van der Waals surface area contributed by atoms with Gasteiger partial charge in [-0.05, 0) is 25.7 Å². The topological polar surface area (TPSA) is 49.2 Å². The van der Waals surface area contributed by atoms with Crippen LogP contribution in [0, 0.1) is 5.92 Å². The Morgan fingerprint density at radius 3 is 2.74 bits per heavy atom. The number of aliphatic hydroxyl groups excluding tert-OH is 1. The number of rotatable bonds is 3. The molecule has 106 valence electrons. The van der Waals surface area contributed by atoms with Gasteiger partial charge in [-0.2, -0.15) is 0 Å². The van der Waals surface area contributed by atoms with Crippen molar-refractivity contribution in [2.45, 2.75) is 59.1 Å². The summed E-state index contributed by atoms with van der Waals surface area (Å²) in [6.45, 7) is 9.70. The van der Waals surface area contributed by atoms with Crippen LogP contribution < -0.4 is 4.90 Å². The van der Waals surface area contributed by atoms with E-state index in [0.29, 0.717) is 6.04 Å². The summed E-state index contributed by atoms with van der Waals surface area (Å²) in [7, 11) is 0. The summed E-state index contributed by atoms with van der Waals surface area (Å²) in [5, 5.41) is 9.58. The van der Waals surface area contributed by atoms with Gasteiger partial charge >= 0.3 is 0 Å². The number of piperidine rings is 1. The lowest BCUT2D eigenvalue weighted by atomic mass is 9.93. The van der Waals surface area contributed by atoms with E-state index < -0.39 is 0 Å². The molecule has 0 amide bonds. The number of anilines is 1. The highest BCUT2D eigenvalue weighted by Crippen LogP contribution is 2.29. The SMILES string of the molecule is CC1CCN(c2cnc(C(C)C)nc2CO)C(C)C1. The van der Waals surface area contributed by atoms with Crippen LogP contribution in [-0.4, -0.2) is 27.7 Å². The van der Waals surface area contributed by atoms with Gasteiger partial charge in [-0.15, -0.1) is 0 Å². The van der Waals surface area contributed by atoms with Gasteiger partial charge < -0.3 is 10.0 Å². The van der Waals surface area contributed by atoms with Crippen molar-refractivity contribution >= 4 is 5.69 Å². The van der Waals surface area contributed by atoms with Gasteiger partial charge in [0.25, 0.3) is 0 Å². The first-order chi connectivity index (χ1) is 9.02. The van der Waals surface area contributed by atoms with Crippen LogP contribution in [0.15, 0.2) is 6.20 Å². The van der Waals surface area contributed by atoms with E-state index in [4.69, 9.17) is 0 Å². The van der Waals surface area contributed by atoms with E-state index >= 15 is 0 Å². The fourth-order valence-electron chi connectivity index (χ4n) is 2.83. The minimum atomic E-state index is -0.0175. The molecule has 2 atom stereocenters. The minimum Gasteiger partial charge on any atom is -0.390 e. The van der Waals surface area contributed by atoms with Crippen LogP contribution in [0.3, 0.4) is 0 Å². The highest BCUT2D eigenvalue weighted by molar-refractivity contribution is 5.50. The van der Waals surface area contributed by atoms with Crippen molar-refractivity contribution in [3.63, 3.8) is 0 Å². The molecule has 1 N–H and O–H groups in total. The van der Waals surface area contributed by atoms with Crippen LogP contribution in [0.5, 0.6) is 0 Å². The van der Waals surface area contributed by atoms with Crippen molar-refractivity contribution in [2.24, 2.45) is 5.92 Å². The molecule has 2 heterocycles. The van der Waals surface area contributed by atoms with Crippen LogP contribution in [-0.2, 0) is 6.61 Å². The molecule has 4 heteroatoms. The molecule has 1 aliphatic heterocycles. The van der Waals surface area contributed by atoms with Crippen LogP contribution in [0.4, 0.5) is 5.69 Å². The molecule has 2 rings (SSSR count). The molecule has 0 spiro atoms. The molecule has 0 bridgehead atoms. The number of hydrogen-bond donors (Lipinski definition) is 1. The van der Waals surface area contributed by atoms with E-state index in [1.165, 1.54) is 12.8 Å². The van der Waals surface area contributed by atoms with Gasteiger partial charge in [-0.1, -0.05) is 20.8 Å². The molecule has 1 aliphatic rings.